The van der Waals surface area contributed by atoms with Crippen molar-refractivity contribution >= 4 is 17.5 Å². The largest absolute Gasteiger partial charge is 0.416 e. The lowest BCUT2D eigenvalue weighted by Gasteiger charge is -2.35. The highest BCUT2D eigenvalue weighted by atomic mass is 19.4. The number of carbonyl (C=O) groups excluding carboxylic acids is 2. The van der Waals surface area contributed by atoms with Crippen molar-refractivity contribution in [2.45, 2.75) is 56.5 Å². The minimum Gasteiger partial charge on any atom is -0.325 e. The first-order valence-corrected chi connectivity index (χ1v) is 10.3. The Morgan fingerprint density at radius 3 is 2.74 bits per heavy atom. The molecule has 0 aromatic heterocycles. The van der Waals surface area contributed by atoms with E-state index in [1.54, 1.807) is 13.0 Å². The number of likely N-dealkylation sites (tertiary alicyclic amines) is 2. The first kappa shape index (κ1) is 21.6. The molecule has 3 aliphatic rings. The van der Waals surface area contributed by atoms with E-state index in [0.29, 0.717) is 31.5 Å². The minimum absolute atomic E-state index is 0.176. The highest BCUT2D eigenvalue weighted by Gasteiger charge is 2.51. The molecule has 2 N–H and O–H groups in total. The number of aryl methyl sites for hydroxylation is 1. The number of piperazine rings is 1. The normalized spacial score (nSPS) is 27.1. The topological polar surface area (TPSA) is 93.7 Å². The van der Waals surface area contributed by atoms with Crippen molar-refractivity contribution in [2.75, 3.05) is 24.5 Å². The number of nitrogens with two attached hydrogens (primary N) is 1. The maximum Gasteiger partial charge on any atom is 0.416 e. The van der Waals surface area contributed by atoms with E-state index < -0.39 is 29.9 Å². The van der Waals surface area contributed by atoms with Crippen LogP contribution < -0.4 is 10.6 Å². The Bertz CT molecular complexity index is 944. The molecule has 0 unspecified atom stereocenters. The molecule has 0 aliphatic carbocycles. The molecule has 3 saturated heterocycles. The van der Waals surface area contributed by atoms with Crippen molar-refractivity contribution in [2.24, 2.45) is 5.73 Å². The molecule has 3 fully saturated rings. The van der Waals surface area contributed by atoms with E-state index in [2.05, 4.69) is 6.07 Å². The Balaban J connectivity index is 1.46. The van der Waals surface area contributed by atoms with Crippen molar-refractivity contribution < 1.29 is 22.8 Å². The predicted molar refractivity (Wildman–Crippen MR) is 106 cm³/mol. The van der Waals surface area contributed by atoms with E-state index in [4.69, 9.17) is 5.73 Å². The molecule has 0 saturated carbocycles. The van der Waals surface area contributed by atoms with Gasteiger partial charge in [-0.2, -0.15) is 18.4 Å². The molecule has 31 heavy (non-hydrogen) atoms. The van der Waals surface area contributed by atoms with Gasteiger partial charge in [0, 0.05) is 25.3 Å². The molecule has 7 nitrogen and oxygen atoms in total. The third-order valence-corrected chi connectivity index (χ3v) is 6.37. The fourth-order valence-corrected chi connectivity index (χ4v) is 4.98. The number of amides is 2. The molecule has 3 heterocycles. The fraction of sp³-hybridized carbons (Fsp3) is 0.571. The molecule has 3 aliphatic heterocycles. The van der Waals surface area contributed by atoms with Gasteiger partial charge in [0.05, 0.1) is 29.8 Å². The summed E-state index contributed by atoms with van der Waals surface area (Å²) in [5.74, 6) is -0.574. The molecular weight excluding hydrogens is 411 g/mol. The van der Waals surface area contributed by atoms with Gasteiger partial charge in [0.25, 0.3) is 0 Å². The summed E-state index contributed by atoms with van der Waals surface area (Å²) < 4.78 is 39.6. The van der Waals surface area contributed by atoms with Gasteiger partial charge in [0.15, 0.2) is 0 Å². The van der Waals surface area contributed by atoms with E-state index >= 15 is 0 Å². The van der Waals surface area contributed by atoms with Crippen LogP contribution in [0.15, 0.2) is 18.2 Å². The number of anilines is 1. The number of halogens is 3. The SMILES string of the molecule is Cc1cc(N2C(=O)[C@H]3C[C@@H]2CN3C[C@H](N)C(=O)N2CCC[C@H]2C#N)cc(C(F)(F)F)c1. The standard InChI is InChI=1S/C21H24F3N5O2/c1-12-5-13(21(22,23)24)7-15(6-12)29-16-8-18(20(29)31)27(10-16)11-17(26)19(30)28-4-2-3-14(28)9-25/h5-7,14,16-18H,2-4,8,10-11,26H2,1H3/t14-,16+,17-,18+/m0/s1. The minimum atomic E-state index is -4.49. The van der Waals surface area contributed by atoms with Gasteiger partial charge >= 0.3 is 6.18 Å². The lowest BCUT2D eigenvalue weighted by atomic mass is 10.1. The zero-order valence-electron chi connectivity index (χ0n) is 17.1. The van der Waals surface area contributed by atoms with E-state index in [-0.39, 0.29) is 30.1 Å². The molecule has 10 heteroatoms. The van der Waals surface area contributed by atoms with Crippen LogP contribution in [0, 0.1) is 18.3 Å². The Morgan fingerprint density at radius 1 is 1.35 bits per heavy atom. The summed E-state index contributed by atoms with van der Waals surface area (Å²) in [5, 5.41) is 9.18. The van der Waals surface area contributed by atoms with Crippen LogP contribution in [0.2, 0.25) is 0 Å². The van der Waals surface area contributed by atoms with Crippen LogP contribution in [0.1, 0.15) is 30.4 Å². The van der Waals surface area contributed by atoms with Crippen LogP contribution in [0.25, 0.3) is 0 Å². The van der Waals surface area contributed by atoms with Crippen molar-refractivity contribution in [3.8, 4) is 6.07 Å². The third kappa shape index (κ3) is 3.88. The number of fused-ring (bicyclic) bond motifs is 2. The Labute approximate surface area is 178 Å². The molecule has 0 radical (unpaired) electrons. The average molecular weight is 435 g/mol. The zero-order chi connectivity index (χ0) is 22.5. The third-order valence-electron chi connectivity index (χ3n) is 6.37. The Hall–Kier alpha value is -2.64. The molecule has 1 aromatic carbocycles. The van der Waals surface area contributed by atoms with Crippen LogP contribution >= 0.6 is 0 Å². The molecule has 2 bridgehead atoms. The number of hydrogen-bond acceptors (Lipinski definition) is 5. The van der Waals surface area contributed by atoms with Crippen LogP contribution in [0.5, 0.6) is 0 Å². The summed E-state index contributed by atoms with van der Waals surface area (Å²) in [7, 11) is 0. The van der Waals surface area contributed by atoms with Gasteiger partial charge in [-0.05, 0) is 49.9 Å². The summed E-state index contributed by atoms with van der Waals surface area (Å²) >= 11 is 0. The highest BCUT2D eigenvalue weighted by Crippen LogP contribution is 2.39. The number of rotatable bonds is 4. The Kier molecular flexibility index (Phi) is 5.43. The molecule has 4 atom stereocenters. The van der Waals surface area contributed by atoms with E-state index in [1.165, 1.54) is 9.80 Å². The van der Waals surface area contributed by atoms with Crippen LogP contribution in [-0.4, -0.2) is 65.4 Å². The van der Waals surface area contributed by atoms with Gasteiger partial charge in [-0.15, -0.1) is 0 Å². The van der Waals surface area contributed by atoms with Crippen molar-refractivity contribution in [3.05, 3.63) is 29.3 Å². The number of nitrogens with zero attached hydrogens (tertiary/aromatic N) is 4. The first-order chi connectivity index (χ1) is 14.6. The number of nitriles is 1. The van der Waals surface area contributed by atoms with Gasteiger partial charge in [0.1, 0.15) is 6.04 Å². The summed E-state index contributed by atoms with van der Waals surface area (Å²) in [6.45, 7) is 2.68. The van der Waals surface area contributed by atoms with E-state index in [9.17, 15) is 28.0 Å². The lowest BCUT2D eigenvalue weighted by Crippen LogP contribution is -2.56. The second-order valence-corrected chi connectivity index (χ2v) is 8.55. The Morgan fingerprint density at radius 2 is 2.10 bits per heavy atom. The molecule has 0 spiro atoms. The monoisotopic (exact) mass is 435 g/mol. The maximum absolute atomic E-state index is 13.2. The number of alkyl halides is 3. The van der Waals surface area contributed by atoms with Gasteiger partial charge in [-0.1, -0.05) is 0 Å². The van der Waals surface area contributed by atoms with Gasteiger partial charge in [-0.25, -0.2) is 0 Å². The summed E-state index contributed by atoms with van der Waals surface area (Å²) in [4.78, 5) is 30.4. The molecular formula is C21H24F3N5O2. The molecule has 1 aromatic rings. The molecule has 2 amide bonds. The van der Waals surface area contributed by atoms with Crippen molar-refractivity contribution in [1.82, 2.24) is 9.80 Å². The molecule has 4 rings (SSSR count). The second-order valence-electron chi connectivity index (χ2n) is 8.55. The van der Waals surface area contributed by atoms with Gasteiger partial charge < -0.3 is 15.5 Å². The lowest BCUT2D eigenvalue weighted by molar-refractivity contribution is -0.137. The predicted octanol–water partition coefficient (Wildman–Crippen LogP) is 1.65. The number of carbonyl (C=O) groups is 2. The van der Waals surface area contributed by atoms with E-state index in [1.807, 2.05) is 4.90 Å². The smallest absolute Gasteiger partial charge is 0.325 e. The van der Waals surface area contributed by atoms with Crippen molar-refractivity contribution in [1.29, 1.82) is 5.26 Å². The first-order valence-electron chi connectivity index (χ1n) is 10.3. The quantitative estimate of drug-likeness (QED) is 0.776. The van der Waals surface area contributed by atoms with Crippen LogP contribution in [0.3, 0.4) is 0 Å². The average Bonchev–Trinajstić information content (AvgIpc) is 3.40. The van der Waals surface area contributed by atoms with E-state index in [0.717, 1.165) is 18.6 Å². The van der Waals surface area contributed by atoms with Crippen molar-refractivity contribution in [3.63, 3.8) is 0 Å². The number of benzene rings is 1. The fourth-order valence-electron chi connectivity index (χ4n) is 4.98. The second kappa shape index (κ2) is 7.80. The summed E-state index contributed by atoms with van der Waals surface area (Å²) in [6, 6.07) is 3.69. The van der Waals surface area contributed by atoms with Gasteiger partial charge in [0.2, 0.25) is 11.8 Å². The zero-order valence-corrected chi connectivity index (χ0v) is 17.1. The maximum atomic E-state index is 13.2. The summed E-state index contributed by atoms with van der Waals surface area (Å²) in [5.41, 5.74) is 6.02. The van der Waals surface area contributed by atoms with Gasteiger partial charge in [-0.3, -0.25) is 14.5 Å². The number of hydrogen-bond donors (Lipinski definition) is 1. The summed E-state index contributed by atoms with van der Waals surface area (Å²) in [6.07, 6.45) is -2.61. The van der Waals surface area contributed by atoms with Crippen LogP contribution in [0.4, 0.5) is 18.9 Å². The highest BCUT2D eigenvalue weighted by molar-refractivity contribution is 6.01. The van der Waals surface area contributed by atoms with Crippen LogP contribution in [-0.2, 0) is 15.8 Å². The molecule has 166 valence electrons.